The fraction of sp³-hybridized carbons (Fsp3) is 0.500. The topological polar surface area (TPSA) is 87.7 Å². The number of hydrogen-bond acceptors (Lipinski definition) is 4. The molecule has 0 aliphatic carbocycles. The molecular formula is C14H21N3O4S. The van der Waals surface area contributed by atoms with E-state index in [4.69, 9.17) is 4.74 Å². The summed E-state index contributed by atoms with van der Waals surface area (Å²) >= 11 is 0. The number of benzene rings is 1. The highest BCUT2D eigenvalue weighted by molar-refractivity contribution is 7.93. The molecule has 22 heavy (non-hydrogen) atoms. The number of anilines is 2. The SMILES string of the molecule is COCCNC(=O)Nc1cc(N2CCCS2(=O)=O)ccc1C. The van der Waals surface area contributed by atoms with E-state index in [-0.39, 0.29) is 11.8 Å². The lowest BCUT2D eigenvalue weighted by Gasteiger charge is -2.19. The van der Waals surface area contributed by atoms with Gasteiger partial charge in [0, 0.05) is 25.9 Å². The average molecular weight is 327 g/mol. The van der Waals surface area contributed by atoms with E-state index >= 15 is 0 Å². The predicted molar refractivity (Wildman–Crippen MR) is 85.8 cm³/mol. The lowest BCUT2D eigenvalue weighted by Crippen LogP contribution is -2.31. The number of amides is 2. The molecule has 1 aliphatic heterocycles. The fourth-order valence-corrected chi connectivity index (χ4v) is 3.82. The molecule has 1 fully saturated rings. The third-order valence-corrected chi connectivity index (χ3v) is 5.32. The Morgan fingerprint density at radius 2 is 2.18 bits per heavy atom. The number of sulfonamides is 1. The predicted octanol–water partition coefficient (Wildman–Crippen LogP) is 1.30. The third-order valence-electron chi connectivity index (χ3n) is 3.45. The summed E-state index contributed by atoms with van der Waals surface area (Å²) in [6.45, 7) is 3.16. The van der Waals surface area contributed by atoms with E-state index in [0.717, 1.165) is 5.56 Å². The minimum absolute atomic E-state index is 0.168. The van der Waals surface area contributed by atoms with Crippen molar-refractivity contribution in [3.05, 3.63) is 23.8 Å². The Kier molecular flexibility index (Phi) is 5.25. The summed E-state index contributed by atoms with van der Waals surface area (Å²) in [7, 11) is -1.67. The molecule has 0 aromatic heterocycles. The zero-order valence-electron chi connectivity index (χ0n) is 12.8. The van der Waals surface area contributed by atoms with Gasteiger partial charge >= 0.3 is 6.03 Å². The van der Waals surface area contributed by atoms with Crippen LogP contribution in [0.5, 0.6) is 0 Å². The van der Waals surface area contributed by atoms with E-state index < -0.39 is 10.0 Å². The Morgan fingerprint density at radius 3 is 2.82 bits per heavy atom. The Morgan fingerprint density at radius 1 is 1.41 bits per heavy atom. The first-order valence-corrected chi connectivity index (χ1v) is 8.70. The van der Waals surface area contributed by atoms with Gasteiger partial charge in [0.25, 0.3) is 0 Å². The monoisotopic (exact) mass is 327 g/mol. The molecular weight excluding hydrogens is 306 g/mol. The number of urea groups is 1. The summed E-state index contributed by atoms with van der Waals surface area (Å²) in [6, 6.07) is 4.90. The van der Waals surface area contributed by atoms with E-state index in [2.05, 4.69) is 10.6 Å². The largest absolute Gasteiger partial charge is 0.383 e. The van der Waals surface area contributed by atoms with Crippen LogP contribution in [0.25, 0.3) is 0 Å². The number of methoxy groups -OCH3 is 1. The summed E-state index contributed by atoms with van der Waals surface area (Å²) in [5.41, 5.74) is 2.03. The molecule has 2 amide bonds. The number of nitrogens with zero attached hydrogens (tertiary/aromatic N) is 1. The van der Waals surface area contributed by atoms with E-state index in [1.54, 1.807) is 25.3 Å². The van der Waals surface area contributed by atoms with Crippen LogP contribution in [0.15, 0.2) is 18.2 Å². The van der Waals surface area contributed by atoms with Crippen LogP contribution in [0.4, 0.5) is 16.2 Å². The zero-order chi connectivity index (χ0) is 16.2. The Labute approximate surface area is 130 Å². The number of hydrogen-bond donors (Lipinski definition) is 2. The molecule has 0 saturated carbocycles. The van der Waals surface area contributed by atoms with Crippen LogP contribution in [0.1, 0.15) is 12.0 Å². The Balaban J connectivity index is 2.12. The molecule has 1 aliphatic rings. The van der Waals surface area contributed by atoms with Gasteiger partial charge in [-0.2, -0.15) is 0 Å². The van der Waals surface area contributed by atoms with E-state index in [1.807, 2.05) is 6.92 Å². The van der Waals surface area contributed by atoms with Crippen LogP contribution >= 0.6 is 0 Å². The Hall–Kier alpha value is -1.80. The standard InChI is InChI=1S/C14H21N3O4S/c1-11-4-5-12(17-7-3-9-22(17,19)20)10-13(11)16-14(18)15-6-8-21-2/h4-5,10H,3,6-9H2,1-2H3,(H2,15,16,18). The highest BCUT2D eigenvalue weighted by Crippen LogP contribution is 2.28. The van der Waals surface area contributed by atoms with Crippen molar-refractivity contribution in [1.29, 1.82) is 0 Å². The molecule has 1 aromatic carbocycles. The molecule has 0 unspecified atom stereocenters. The number of carbonyl (C=O) groups excluding carboxylic acids is 1. The summed E-state index contributed by atoms with van der Waals surface area (Å²) in [5, 5.41) is 5.39. The first kappa shape index (κ1) is 16.6. The van der Waals surface area contributed by atoms with Crippen LogP contribution in [-0.4, -0.2) is 47.0 Å². The van der Waals surface area contributed by atoms with Crippen LogP contribution in [-0.2, 0) is 14.8 Å². The third kappa shape index (κ3) is 3.89. The number of nitrogens with one attached hydrogen (secondary N) is 2. The summed E-state index contributed by atoms with van der Waals surface area (Å²) in [6.07, 6.45) is 0.622. The number of carbonyl (C=O) groups is 1. The summed E-state index contributed by atoms with van der Waals surface area (Å²) in [4.78, 5) is 11.8. The minimum Gasteiger partial charge on any atom is -0.383 e. The lowest BCUT2D eigenvalue weighted by atomic mass is 10.2. The van der Waals surface area contributed by atoms with Crippen LogP contribution in [0, 0.1) is 6.92 Å². The van der Waals surface area contributed by atoms with Gasteiger partial charge in [-0.3, -0.25) is 4.31 Å². The maximum absolute atomic E-state index is 12.0. The maximum atomic E-state index is 12.0. The van der Waals surface area contributed by atoms with Gasteiger partial charge in [0.1, 0.15) is 0 Å². The van der Waals surface area contributed by atoms with Crippen molar-refractivity contribution in [3.63, 3.8) is 0 Å². The van der Waals surface area contributed by atoms with Gasteiger partial charge in [-0.1, -0.05) is 6.07 Å². The second-order valence-electron chi connectivity index (χ2n) is 5.11. The van der Waals surface area contributed by atoms with Crippen molar-refractivity contribution >= 4 is 27.4 Å². The van der Waals surface area contributed by atoms with Crippen LogP contribution in [0.3, 0.4) is 0 Å². The molecule has 2 N–H and O–H groups in total. The highest BCUT2D eigenvalue weighted by Gasteiger charge is 2.28. The zero-order valence-corrected chi connectivity index (χ0v) is 13.6. The number of aryl methyl sites for hydroxylation is 1. The minimum atomic E-state index is -3.23. The van der Waals surface area contributed by atoms with Gasteiger partial charge in [0.15, 0.2) is 0 Å². The summed E-state index contributed by atoms with van der Waals surface area (Å²) < 4.78 is 30.2. The fourth-order valence-electron chi connectivity index (χ4n) is 2.26. The average Bonchev–Trinajstić information content (AvgIpc) is 2.81. The summed E-state index contributed by atoms with van der Waals surface area (Å²) in [5.74, 6) is 0.168. The van der Waals surface area contributed by atoms with Gasteiger partial charge in [-0.25, -0.2) is 13.2 Å². The smallest absolute Gasteiger partial charge is 0.319 e. The quantitative estimate of drug-likeness (QED) is 0.798. The first-order chi connectivity index (χ1) is 10.4. The van der Waals surface area contributed by atoms with E-state index in [0.29, 0.717) is 37.5 Å². The second-order valence-corrected chi connectivity index (χ2v) is 7.13. The van der Waals surface area contributed by atoms with Crippen LogP contribution in [0.2, 0.25) is 0 Å². The van der Waals surface area contributed by atoms with Gasteiger partial charge in [0.05, 0.1) is 18.0 Å². The van der Waals surface area contributed by atoms with Crippen molar-refractivity contribution in [2.24, 2.45) is 0 Å². The Bertz CT molecular complexity index is 645. The van der Waals surface area contributed by atoms with Crippen molar-refractivity contribution < 1.29 is 17.9 Å². The molecule has 1 saturated heterocycles. The van der Waals surface area contributed by atoms with Crippen molar-refractivity contribution in [2.45, 2.75) is 13.3 Å². The van der Waals surface area contributed by atoms with E-state index in [9.17, 15) is 13.2 Å². The molecule has 1 aromatic rings. The number of ether oxygens (including phenoxy) is 1. The molecule has 0 atom stereocenters. The molecule has 8 heteroatoms. The van der Waals surface area contributed by atoms with Gasteiger partial charge in [-0.15, -0.1) is 0 Å². The van der Waals surface area contributed by atoms with Gasteiger partial charge in [-0.05, 0) is 31.0 Å². The lowest BCUT2D eigenvalue weighted by molar-refractivity contribution is 0.198. The molecule has 0 spiro atoms. The first-order valence-electron chi connectivity index (χ1n) is 7.09. The van der Waals surface area contributed by atoms with Crippen molar-refractivity contribution in [3.8, 4) is 0 Å². The van der Waals surface area contributed by atoms with Crippen LogP contribution < -0.4 is 14.9 Å². The highest BCUT2D eigenvalue weighted by atomic mass is 32.2. The molecule has 2 rings (SSSR count). The molecule has 1 heterocycles. The van der Waals surface area contributed by atoms with Crippen molar-refractivity contribution in [2.75, 3.05) is 42.2 Å². The van der Waals surface area contributed by atoms with E-state index in [1.165, 1.54) is 4.31 Å². The molecule has 0 radical (unpaired) electrons. The molecule has 122 valence electrons. The number of rotatable bonds is 5. The van der Waals surface area contributed by atoms with Crippen molar-refractivity contribution in [1.82, 2.24) is 5.32 Å². The molecule has 0 bridgehead atoms. The molecule has 7 nitrogen and oxygen atoms in total. The maximum Gasteiger partial charge on any atom is 0.319 e. The normalized spacial score (nSPS) is 16.5. The van der Waals surface area contributed by atoms with Gasteiger partial charge < -0.3 is 15.4 Å². The van der Waals surface area contributed by atoms with Gasteiger partial charge in [0.2, 0.25) is 10.0 Å². The second kappa shape index (κ2) is 6.97.